The molecule has 2 saturated heterocycles. The summed E-state index contributed by atoms with van der Waals surface area (Å²) in [7, 11) is 0. The van der Waals surface area contributed by atoms with Crippen molar-refractivity contribution in [1.29, 1.82) is 0 Å². The standard InChI is InChI=1S/C24H27N7O4/c1-17(32)18-2-4-19(5-3-18)21-7-6-20(35-21)16-25-29-22-26-23(30-8-12-33-13-9-30)28-24(27-22)31-10-14-34-15-11-31/h2-7,16H,8-15H2,1H3,(H,26,27,28,29). The van der Waals surface area contributed by atoms with Crippen molar-refractivity contribution in [2.45, 2.75) is 6.92 Å². The third kappa shape index (κ3) is 5.64. The highest BCUT2D eigenvalue weighted by molar-refractivity contribution is 5.94. The summed E-state index contributed by atoms with van der Waals surface area (Å²) < 4.78 is 16.8. The van der Waals surface area contributed by atoms with Crippen LogP contribution < -0.4 is 15.2 Å². The maximum atomic E-state index is 11.5. The molecule has 0 unspecified atom stereocenters. The molecule has 5 rings (SSSR count). The molecule has 1 aromatic carbocycles. The molecule has 0 radical (unpaired) electrons. The number of ketones is 1. The number of Topliss-reactive ketones (excluding diaryl/α,β-unsaturated/α-hetero) is 1. The fraction of sp³-hybridized carbons (Fsp3) is 0.375. The van der Waals surface area contributed by atoms with Crippen LogP contribution >= 0.6 is 0 Å². The van der Waals surface area contributed by atoms with Gasteiger partial charge < -0.3 is 23.7 Å². The summed E-state index contributed by atoms with van der Waals surface area (Å²) >= 11 is 0. The molecule has 11 nitrogen and oxygen atoms in total. The Morgan fingerprint density at radius 1 is 0.886 bits per heavy atom. The van der Waals surface area contributed by atoms with Gasteiger partial charge in [0.05, 0.1) is 32.6 Å². The number of hydrogen-bond acceptors (Lipinski definition) is 11. The fourth-order valence-electron chi connectivity index (χ4n) is 3.81. The number of benzene rings is 1. The maximum absolute atomic E-state index is 11.5. The van der Waals surface area contributed by atoms with Gasteiger partial charge in [-0.05, 0) is 19.1 Å². The van der Waals surface area contributed by atoms with Gasteiger partial charge in [0.15, 0.2) is 5.78 Å². The number of nitrogens with one attached hydrogen (secondary N) is 1. The van der Waals surface area contributed by atoms with E-state index in [2.05, 4.69) is 35.3 Å². The van der Waals surface area contributed by atoms with E-state index < -0.39 is 0 Å². The first-order valence-electron chi connectivity index (χ1n) is 11.6. The number of aromatic nitrogens is 3. The Labute approximate surface area is 202 Å². The highest BCUT2D eigenvalue weighted by Crippen LogP contribution is 2.22. The highest BCUT2D eigenvalue weighted by atomic mass is 16.5. The molecule has 2 fully saturated rings. The van der Waals surface area contributed by atoms with E-state index in [1.807, 2.05) is 24.3 Å². The summed E-state index contributed by atoms with van der Waals surface area (Å²) in [5.41, 5.74) is 4.46. The lowest BCUT2D eigenvalue weighted by atomic mass is 10.1. The van der Waals surface area contributed by atoms with Gasteiger partial charge in [-0.1, -0.05) is 24.3 Å². The van der Waals surface area contributed by atoms with Crippen LogP contribution in [0.1, 0.15) is 23.0 Å². The SMILES string of the molecule is CC(=O)c1ccc(-c2ccc(C=NNc3nc(N4CCOCC4)nc(N4CCOCC4)n3)o2)cc1. The van der Waals surface area contributed by atoms with Gasteiger partial charge in [0.25, 0.3) is 0 Å². The van der Waals surface area contributed by atoms with E-state index in [0.29, 0.717) is 61.4 Å². The molecule has 2 aliphatic heterocycles. The molecule has 182 valence electrons. The first-order chi connectivity index (χ1) is 17.2. The predicted octanol–water partition coefficient (Wildman–Crippen LogP) is 2.45. The summed E-state index contributed by atoms with van der Waals surface area (Å²) in [6.45, 7) is 6.97. The molecule has 1 N–H and O–H groups in total. The zero-order valence-electron chi connectivity index (χ0n) is 19.5. The first-order valence-corrected chi connectivity index (χ1v) is 11.6. The van der Waals surface area contributed by atoms with Crippen molar-refractivity contribution in [2.75, 3.05) is 67.8 Å². The minimum atomic E-state index is 0.0294. The van der Waals surface area contributed by atoms with Gasteiger partial charge in [0.2, 0.25) is 17.8 Å². The second kappa shape index (κ2) is 10.6. The van der Waals surface area contributed by atoms with Crippen LogP contribution in [0.3, 0.4) is 0 Å². The number of furan rings is 1. The molecule has 0 bridgehead atoms. The minimum Gasteiger partial charge on any atom is -0.455 e. The summed E-state index contributed by atoms with van der Waals surface area (Å²) in [6, 6.07) is 11.0. The van der Waals surface area contributed by atoms with Gasteiger partial charge in [0.1, 0.15) is 11.5 Å². The lowest BCUT2D eigenvalue weighted by Crippen LogP contribution is -2.40. The van der Waals surface area contributed by atoms with Crippen molar-refractivity contribution in [1.82, 2.24) is 15.0 Å². The number of carbonyl (C=O) groups is 1. The van der Waals surface area contributed by atoms with Crippen molar-refractivity contribution < 1.29 is 18.7 Å². The Hall–Kier alpha value is -3.83. The molecular formula is C24H27N7O4. The lowest BCUT2D eigenvalue weighted by Gasteiger charge is -2.30. The summed E-state index contributed by atoms with van der Waals surface area (Å²) in [5.74, 6) is 2.83. The lowest BCUT2D eigenvalue weighted by molar-refractivity contribution is 0.101. The van der Waals surface area contributed by atoms with Crippen LogP contribution in [0, 0.1) is 0 Å². The van der Waals surface area contributed by atoms with Crippen molar-refractivity contribution >= 4 is 29.8 Å². The molecule has 0 saturated carbocycles. The third-order valence-corrected chi connectivity index (χ3v) is 5.76. The number of anilines is 3. The van der Waals surface area contributed by atoms with Crippen LogP contribution in [0.4, 0.5) is 17.8 Å². The monoisotopic (exact) mass is 477 g/mol. The molecule has 0 spiro atoms. The fourth-order valence-corrected chi connectivity index (χ4v) is 3.81. The molecule has 0 atom stereocenters. The Bertz CT molecular complexity index is 1150. The van der Waals surface area contributed by atoms with Crippen LogP contribution in [-0.2, 0) is 9.47 Å². The van der Waals surface area contributed by atoms with Crippen molar-refractivity contribution in [3.05, 3.63) is 47.7 Å². The molecular weight excluding hydrogens is 450 g/mol. The Morgan fingerprint density at radius 2 is 1.49 bits per heavy atom. The van der Waals surface area contributed by atoms with Crippen LogP contribution in [0.5, 0.6) is 0 Å². The molecule has 11 heteroatoms. The van der Waals surface area contributed by atoms with E-state index in [-0.39, 0.29) is 5.78 Å². The average molecular weight is 478 g/mol. The third-order valence-electron chi connectivity index (χ3n) is 5.76. The maximum Gasteiger partial charge on any atom is 0.250 e. The number of hydrogen-bond donors (Lipinski definition) is 1. The summed E-state index contributed by atoms with van der Waals surface area (Å²) in [4.78, 5) is 29.5. The normalized spacial score (nSPS) is 16.6. The molecule has 2 aliphatic rings. The second-order valence-corrected chi connectivity index (χ2v) is 8.16. The molecule has 2 aromatic heterocycles. The van der Waals surface area contributed by atoms with Crippen molar-refractivity contribution in [2.24, 2.45) is 5.10 Å². The van der Waals surface area contributed by atoms with E-state index in [4.69, 9.17) is 13.9 Å². The molecule has 0 aliphatic carbocycles. The Morgan fingerprint density at radius 3 is 2.06 bits per heavy atom. The van der Waals surface area contributed by atoms with Gasteiger partial charge >= 0.3 is 0 Å². The van der Waals surface area contributed by atoms with Crippen LogP contribution in [-0.4, -0.2) is 79.6 Å². The van der Waals surface area contributed by atoms with E-state index in [1.54, 1.807) is 25.3 Å². The van der Waals surface area contributed by atoms with E-state index >= 15 is 0 Å². The highest BCUT2D eigenvalue weighted by Gasteiger charge is 2.20. The summed E-state index contributed by atoms with van der Waals surface area (Å²) in [5, 5.41) is 4.28. The zero-order chi connectivity index (χ0) is 24.0. The number of nitrogens with zero attached hydrogens (tertiary/aromatic N) is 6. The second-order valence-electron chi connectivity index (χ2n) is 8.16. The van der Waals surface area contributed by atoms with Gasteiger partial charge in [-0.25, -0.2) is 5.43 Å². The zero-order valence-corrected chi connectivity index (χ0v) is 19.5. The quantitative estimate of drug-likeness (QED) is 0.309. The van der Waals surface area contributed by atoms with Crippen molar-refractivity contribution in [3.63, 3.8) is 0 Å². The predicted molar refractivity (Wildman–Crippen MR) is 131 cm³/mol. The van der Waals surface area contributed by atoms with E-state index in [0.717, 1.165) is 31.7 Å². The van der Waals surface area contributed by atoms with E-state index in [1.165, 1.54) is 0 Å². The minimum absolute atomic E-state index is 0.0294. The van der Waals surface area contributed by atoms with Gasteiger partial charge in [-0.15, -0.1) is 0 Å². The van der Waals surface area contributed by atoms with E-state index in [9.17, 15) is 4.79 Å². The number of hydrazone groups is 1. The number of carbonyl (C=O) groups excluding carboxylic acids is 1. The number of ether oxygens (including phenoxy) is 2. The van der Waals surface area contributed by atoms with Crippen LogP contribution in [0.2, 0.25) is 0 Å². The summed E-state index contributed by atoms with van der Waals surface area (Å²) in [6.07, 6.45) is 1.57. The Kier molecular flexibility index (Phi) is 6.96. The van der Waals surface area contributed by atoms with Gasteiger partial charge in [0, 0.05) is 37.3 Å². The first kappa shape index (κ1) is 22.9. The molecule has 0 amide bonds. The van der Waals surface area contributed by atoms with Gasteiger partial charge in [-0.3, -0.25) is 4.79 Å². The number of rotatable bonds is 7. The van der Waals surface area contributed by atoms with Gasteiger partial charge in [-0.2, -0.15) is 20.1 Å². The topological polar surface area (TPSA) is 118 Å². The van der Waals surface area contributed by atoms with Crippen LogP contribution in [0.25, 0.3) is 11.3 Å². The molecule has 35 heavy (non-hydrogen) atoms. The largest absolute Gasteiger partial charge is 0.455 e. The van der Waals surface area contributed by atoms with Crippen molar-refractivity contribution in [3.8, 4) is 11.3 Å². The Balaban J connectivity index is 1.31. The molecule has 4 heterocycles. The van der Waals surface area contributed by atoms with Crippen LogP contribution in [0.15, 0.2) is 45.9 Å². The average Bonchev–Trinajstić information content (AvgIpc) is 3.38. The smallest absolute Gasteiger partial charge is 0.250 e. The number of morpholine rings is 2. The molecule has 3 aromatic rings.